The van der Waals surface area contributed by atoms with Crippen LogP contribution in [0.3, 0.4) is 0 Å². The third-order valence-corrected chi connectivity index (χ3v) is 6.15. The maximum absolute atomic E-state index is 13.1. The van der Waals surface area contributed by atoms with Gasteiger partial charge in [-0.05, 0) is 61.7 Å². The van der Waals surface area contributed by atoms with E-state index in [1.807, 2.05) is 54.3 Å². The Balaban J connectivity index is 1.75. The Kier molecular flexibility index (Phi) is 6.55. The van der Waals surface area contributed by atoms with Gasteiger partial charge in [0.1, 0.15) is 0 Å². The summed E-state index contributed by atoms with van der Waals surface area (Å²) in [5, 5.41) is 0.540. The van der Waals surface area contributed by atoms with Crippen molar-refractivity contribution in [3.63, 3.8) is 0 Å². The van der Waals surface area contributed by atoms with Crippen molar-refractivity contribution in [1.29, 1.82) is 0 Å². The van der Waals surface area contributed by atoms with E-state index in [2.05, 4.69) is 0 Å². The molecule has 6 heteroatoms. The number of carbonyl (C=O) groups is 1. The molecule has 4 nitrogen and oxygen atoms in total. The standard InChI is InChI=1S/C21H24ClNO3S/c1-14(27-17-9-7-16(22)8-10-17)21(24)23-12-4-5-18(23)15-6-11-19(25-2)20(13-15)26-3/h6-11,13-14,18H,4-5,12H2,1-3H3/t14-,18-/m0/s1. The molecule has 0 unspecified atom stereocenters. The van der Waals surface area contributed by atoms with Crippen LogP contribution in [0.5, 0.6) is 11.5 Å². The van der Waals surface area contributed by atoms with Gasteiger partial charge in [0.05, 0.1) is 25.5 Å². The van der Waals surface area contributed by atoms with E-state index < -0.39 is 0 Å². The molecule has 0 radical (unpaired) electrons. The van der Waals surface area contributed by atoms with Crippen molar-refractivity contribution in [3.05, 3.63) is 53.1 Å². The third kappa shape index (κ3) is 4.53. The van der Waals surface area contributed by atoms with Crippen molar-refractivity contribution in [2.45, 2.75) is 36.0 Å². The summed E-state index contributed by atoms with van der Waals surface area (Å²) < 4.78 is 10.7. The summed E-state index contributed by atoms with van der Waals surface area (Å²) in [5.41, 5.74) is 1.09. The van der Waals surface area contributed by atoms with E-state index in [0.717, 1.165) is 29.8 Å². The zero-order chi connectivity index (χ0) is 19.4. The summed E-state index contributed by atoms with van der Waals surface area (Å²) in [6.45, 7) is 2.74. The van der Waals surface area contributed by atoms with E-state index in [1.54, 1.807) is 26.0 Å². The monoisotopic (exact) mass is 405 g/mol. The number of thioether (sulfide) groups is 1. The first-order chi connectivity index (χ1) is 13.0. The van der Waals surface area contributed by atoms with Gasteiger partial charge in [0.2, 0.25) is 5.91 Å². The van der Waals surface area contributed by atoms with Crippen molar-refractivity contribution in [2.24, 2.45) is 0 Å². The van der Waals surface area contributed by atoms with Crippen LogP contribution in [0.2, 0.25) is 5.02 Å². The van der Waals surface area contributed by atoms with Crippen molar-refractivity contribution >= 4 is 29.3 Å². The van der Waals surface area contributed by atoms with Crippen molar-refractivity contribution < 1.29 is 14.3 Å². The molecule has 27 heavy (non-hydrogen) atoms. The first-order valence-electron chi connectivity index (χ1n) is 8.98. The molecule has 2 atom stereocenters. The molecule has 3 rings (SSSR count). The number of hydrogen-bond donors (Lipinski definition) is 0. The number of amides is 1. The molecule has 1 saturated heterocycles. The number of hydrogen-bond acceptors (Lipinski definition) is 4. The molecule has 0 aliphatic carbocycles. The minimum Gasteiger partial charge on any atom is -0.493 e. The molecule has 0 bridgehead atoms. The van der Waals surface area contributed by atoms with Crippen LogP contribution in [0, 0.1) is 0 Å². The number of methoxy groups -OCH3 is 2. The lowest BCUT2D eigenvalue weighted by Crippen LogP contribution is -2.36. The first kappa shape index (κ1) is 19.9. The predicted octanol–water partition coefficient (Wildman–Crippen LogP) is 5.20. The summed E-state index contributed by atoms with van der Waals surface area (Å²) in [6, 6.07) is 13.6. The lowest BCUT2D eigenvalue weighted by Gasteiger charge is -2.28. The predicted molar refractivity (Wildman–Crippen MR) is 110 cm³/mol. The molecule has 1 amide bonds. The number of likely N-dealkylation sites (tertiary alicyclic amines) is 1. The lowest BCUT2D eigenvalue weighted by molar-refractivity contribution is -0.131. The second kappa shape index (κ2) is 8.89. The van der Waals surface area contributed by atoms with Crippen LogP contribution in [-0.2, 0) is 4.79 Å². The number of halogens is 1. The molecule has 1 aliphatic heterocycles. The zero-order valence-corrected chi connectivity index (χ0v) is 17.3. The maximum Gasteiger partial charge on any atom is 0.236 e. The van der Waals surface area contributed by atoms with E-state index in [0.29, 0.717) is 16.5 Å². The van der Waals surface area contributed by atoms with E-state index >= 15 is 0 Å². The van der Waals surface area contributed by atoms with E-state index in [4.69, 9.17) is 21.1 Å². The fraction of sp³-hybridized carbons (Fsp3) is 0.381. The highest BCUT2D eigenvalue weighted by atomic mass is 35.5. The van der Waals surface area contributed by atoms with Crippen LogP contribution in [-0.4, -0.2) is 36.8 Å². The number of carbonyl (C=O) groups excluding carboxylic acids is 1. The fourth-order valence-corrected chi connectivity index (χ4v) is 4.50. The van der Waals surface area contributed by atoms with E-state index in [1.165, 1.54) is 0 Å². The Labute approximate surface area is 169 Å². The van der Waals surface area contributed by atoms with Gasteiger partial charge in [-0.2, -0.15) is 0 Å². The topological polar surface area (TPSA) is 38.8 Å². The molecule has 0 aromatic heterocycles. The normalized spacial score (nSPS) is 17.6. The van der Waals surface area contributed by atoms with Gasteiger partial charge in [-0.25, -0.2) is 0 Å². The number of nitrogens with zero attached hydrogens (tertiary/aromatic N) is 1. The Morgan fingerprint density at radius 1 is 1.15 bits per heavy atom. The van der Waals surface area contributed by atoms with Gasteiger partial charge in [0.15, 0.2) is 11.5 Å². The van der Waals surface area contributed by atoms with Crippen LogP contribution in [0.15, 0.2) is 47.4 Å². The highest BCUT2D eigenvalue weighted by Gasteiger charge is 2.33. The molecule has 1 aliphatic rings. The van der Waals surface area contributed by atoms with Gasteiger partial charge >= 0.3 is 0 Å². The van der Waals surface area contributed by atoms with Crippen LogP contribution < -0.4 is 9.47 Å². The molecule has 2 aromatic carbocycles. The molecule has 0 spiro atoms. The average molecular weight is 406 g/mol. The van der Waals surface area contributed by atoms with Gasteiger partial charge in [0.25, 0.3) is 0 Å². The van der Waals surface area contributed by atoms with Gasteiger partial charge in [-0.15, -0.1) is 11.8 Å². The van der Waals surface area contributed by atoms with E-state index in [-0.39, 0.29) is 17.2 Å². The summed E-state index contributed by atoms with van der Waals surface area (Å²) in [6.07, 6.45) is 1.96. The largest absolute Gasteiger partial charge is 0.493 e. The summed E-state index contributed by atoms with van der Waals surface area (Å²) in [5.74, 6) is 1.55. The Bertz CT molecular complexity index is 797. The van der Waals surface area contributed by atoms with Gasteiger partial charge < -0.3 is 14.4 Å². The SMILES string of the molecule is COc1ccc([C@@H]2CCCN2C(=O)[C@H](C)Sc2ccc(Cl)cc2)cc1OC. The molecular formula is C21H24ClNO3S. The highest BCUT2D eigenvalue weighted by molar-refractivity contribution is 8.00. The molecule has 1 heterocycles. The third-order valence-electron chi connectivity index (χ3n) is 4.80. The lowest BCUT2D eigenvalue weighted by atomic mass is 10.0. The summed E-state index contributed by atoms with van der Waals surface area (Å²) >= 11 is 7.51. The second-order valence-corrected chi connectivity index (χ2v) is 8.37. The molecule has 0 N–H and O–H groups in total. The van der Waals surface area contributed by atoms with Crippen molar-refractivity contribution in [2.75, 3.05) is 20.8 Å². The van der Waals surface area contributed by atoms with Crippen molar-refractivity contribution in [3.8, 4) is 11.5 Å². The van der Waals surface area contributed by atoms with Gasteiger partial charge in [-0.3, -0.25) is 4.79 Å². The molecule has 144 valence electrons. The first-order valence-corrected chi connectivity index (χ1v) is 10.2. The number of ether oxygens (including phenoxy) is 2. The fourth-order valence-electron chi connectivity index (χ4n) is 3.44. The van der Waals surface area contributed by atoms with Gasteiger partial charge in [-0.1, -0.05) is 17.7 Å². The van der Waals surface area contributed by atoms with Crippen molar-refractivity contribution in [1.82, 2.24) is 4.90 Å². The minimum atomic E-state index is -0.160. The number of rotatable bonds is 6. The quantitative estimate of drug-likeness (QED) is 0.619. The Morgan fingerprint density at radius 3 is 2.52 bits per heavy atom. The van der Waals surface area contributed by atoms with Crippen LogP contribution in [0.25, 0.3) is 0 Å². The van der Waals surface area contributed by atoms with Crippen LogP contribution in [0.4, 0.5) is 0 Å². The Morgan fingerprint density at radius 2 is 1.85 bits per heavy atom. The summed E-state index contributed by atoms with van der Waals surface area (Å²) in [4.78, 5) is 16.1. The highest BCUT2D eigenvalue weighted by Crippen LogP contribution is 2.38. The minimum absolute atomic E-state index is 0.0746. The number of benzene rings is 2. The zero-order valence-electron chi connectivity index (χ0n) is 15.8. The van der Waals surface area contributed by atoms with E-state index in [9.17, 15) is 4.79 Å². The second-order valence-electron chi connectivity index (χ2n) is 6.52. The molecule has 0 saturated carbocycles. The maximum atomic E-state index is 13.1. The van der Waals surface area contributed by atoms with Crippen LogP contribution in [0.1, 0.15) is 31.4 Å². The average Bonchev–Trinajstić information content (AvgIpc) is 3.18. The summed E-state index contributed by atoms with van der Waals surface area (Å²) in [7, 11) is 3.25. The van der Waals surface area contributed by atoms with Crippen LogP contribution >= 0.6 is 23.4 Å². The molecule has 2 aromatic rings. The Hall–Kier alpha value is -1.85. The smallest absolute Gasteiger partial charge is 0.236 e. The molecule has 1 fully saturated rings. The molecular weight excluding hydrogens is 382 g/mol. The van der Waals surface area contributed by atoms with Gasteiger partial charge in [0, 0.05) is 16.5 Å².